The minimum absolute atomic E-state index is 0.0228. The van der Waals surface area contributed by atoms with Crippen LogP contribution in [0.15, 0.2) is 78.9 Å². The van der Waals surface area contributed by atoms with Gasteiger partial charge in [-0.2, -0.15) is 0 Å². The Morgan fingerprint density at radius 2 is 1.27 bits per heavy atom. The van der Waals surface area contributed by atoms with Gasteiger partial charge in [0.1, 0.15) is 0 Å². The Kier molecular flexibility index (Phi) is 4.53. The van der Waals surface area contributed by atoms with Crippen LogP contribution in [0.1, 0.15) is 32.6 Å². The molecule has 0 fully saturated rings. The Balaban J connectivity index is 1.40. The molecule has 1 amide bonds. The van der Waals surface area contributed by atoms with E-state index in [2.05, 4.69) is 41.4 Å². The number of hydrogen-bond acceptors (Lipinski definition) is 1. The molecule has 0 unspecified atom stereocenters. The maximum atomic E-state index is 12.5. The van der Waals surface area contributed by atoms with E-state index in [1.54, 1.807) is 0 Å². The maximum Gasteiger partial charge on any atom is 0.251 e. The first kappa shape index (κ1) is 16.2. The zero-order valence-electron chi connectivity index (χ0n) is 14.4. The summed E-state index contributed by atoms with van der Waals surface area (Å²) in [5.74, 6) is 6.24. The number of amides is 1. The quantitative estimate of drug-likeness (QED) is 0.704. The zero-order valence-corrected chi connectivity index (χ0v) is 14.4. The van der Waals surface area contributed by atoms with Crippen molar-refractivity contribution in [2.75, 3.05) is 0 Å². The third-order valence-electron chi connectivity index (χ3n) is 4.66. The molecule has 1 N–H and O–H groups in total. The molecule has 4 rings (SSSR count). The molecule has 126 valence electrons. The molecule has 0 saturated carbocycles. The summed E-state index contributed by atoms with van der Waals surface area (Å²) in [5.41, 5.74) is 5.23. The van der Waals surface area contributed by atoms with Crippen LogP contribution in [0, 0.1) is 11.8 Å². The lowest BCUT2D eigenvalue weighted by atomic mass is 10.1. The van der Waals surface area contributed by atoms with Gasteiger partial charge in [0.05, 0.1) is 0 Å². The van der Waals surface area contributed by atoms with Gasteiger partial charge in [0, 0.05) is 22.7 Å². The molecule has 3 aromatic rings. The summed E-state index contributed by atoms with van der Waals surface area (Å²) in [4.78, 5) is 12.5. The predicted molar refractivity (Wildman–Crippen MR) is 104 cm³/mol. The highest BCUT2D eigenvalue weighted by molar-refractivity contribution is 5.94. The van der Waals surface area contributed by atoms with E-state index < -0.39 is 0 Å². The van der Waals surface area contributed by atoms with E-state index in [0.717, 1.165) is 24.0 Å². The van der Waals surface area contributed by atoms with Gasteiger partial charge >= 0.3 is 0 Å². The molecule has 0 heterocycles. The summed E-state index contributed by atoms with van der Waals surface area (Å²) in [5, 5.41) is 3.14. The van der Waals surface area contributed by atoms with Crippen LogP contribution in [0.5, 0.6) is 0 Å². The fourth-order valence-electron chi connectivity index (χ4n) is 3.30. The molecular weight excluding hydrogens is 318 g/mol. The van der Waals surface area contributed by atoms with Gasteiger partial charge in [-0.15, -0.1) is 0 Å². The normalized spacial score (nSPS) is 12.8. The standard InChI is InChI=1S/C24H19NO/c26-24(25-23-16-21-8-4-5-9-22(21)17-23)20-14-12-19(13-15-20)11-10-18-6-2-1-3-7-18/h1-9,12-15,23H,16-17H2,(H,25,26). The van der Waals surface area contributed by atoms with E-state index >= 15 is 0 Å². The predicted octanol–water partition coefficient (Wildman–Crippen LogP) is 3.98. The van der Waals surface area contributed by atoms with Crippen LogP contribution in [0.2, 0.25) is 0 Å². The van der Waals surface area contributed by atoms with Crippen LogP contribution in [0.25, 0.3) is 0 Å². The second-order valence-electron chi connectivity index (χ2n) is 6.54. The molecule has 0 bridgehead atoms. The number of fused-ring (bicyclic) bond motifs is 1. The number of hydrogen-bond donors (Lipinski definition) is 1. The largest absolute Gasteiger partial charge is 0.349 e. The lowest BCUT2D eigenvalue weighted by Crippen LogP contribution is -2.35. The average Bonchev–Trinajstić information content (AvgIpc) is 3.10. The summed E-state index contributed by atoms with van der Waals surface area (Å²) in [6.07, 6.45) is 1.81. The molecule has 3 aromatic carbocycles. The second-order valence-corrected chi connectivity index (χ2v) is 6.54. The van der Waals surface area contributed by atoms with Crippen LogP contribution in [0.4, 0.5) is 0 Å². The molecule has 2 nitrogen and oxygen atoms in total. The van der Waals surface area contributed by atoms with Crippen molar-refractivity contribution < 1.29 is 4.79 Å². The van der Waals surface area contributed by atoms with Gasteiger partial charge in [0.25, 0.3) is 5.91 Å². The third-order valence-corrected chi connectivity index (χ3v) is 4.66. The summed E-state index contributed by atoms with van der Waals surface area (Å²) in [7, 11) is 0. The molecule has 0 aliphatic heterocycles. The molecule has 1 aliphatic rings. The smallest absolute Gasteiger partial charge is 0.251 e. The molecule has 0 saturated heterocycles. The van der Waals surface area contributed by atoms with E-state index in [-0.39, 0.29) is 11.9 Å². The Labute approximate surface area is 153 Å². The van der Waals surface area contributed by atoms with Crippen LogP contribution in [-0.4, -0.2) is 11.9 Å². The fourth-order valence-corrected chi connectivity index (χ4v) is 3.30. The molecule has 2 heteroatoms. The van der Waals surface area contributed by atoms with Gasteiger partial charge < -0.3 is 5.32 Å². The number of carbonyl (C=O) groups excluding carboxylic acids is 1. The second kappa shape index (κ2) is 7.29. The minimum Gasteiger partial charge on any atom is -0.349 e. The Hall–Kier alpha value is -3.31. The zero-order chi connectivity index (χ0) is 17.8. The van der Waals surface area contributed by atoms with Gasteiger partial charge in [-0.3, -0.25) is 4.79 Å². The van der Waals surface area contributed by atoms with Gasteiger partial charge in [-0.1, -0.05) is 54.3 Å². The van der Waals surface area contributed by atoms with Crippen molar-refractivity contribution >= 4 is 5.91 Å². The minimum atomic E-state index is -0.0228. The number of nitrogens with one attached hydrogen (secondary N) is 1. The van der Waals surface area contributed by atoms with Crippen molar-refractivity contribution in [2.24, 2.45) is 0 Å². The topological polar surface area (TPSA) is 29.1 Å². The Morgan fingerprint density at radius 3 is 1.88 bits per heavy atom. The van der Waals surface area contributed by atoms with E-state index in [1.165, 1.54) is 11.1 Å². The monoisotopic (exact) mass is 337 g/mol. The van der Waals surface area contributed by atoms with Gasteiger partial charge in [-0.25, -0.2) is 0 Å². The highest BCUT2D eigenvalue weighted by Gasteiger charge is 2.22. The van der Waals surface area contributed by atoms with Crippen molar-refractivity contribution in [2.45, 2.75) is 18.9 Å². The number of benzene rings is 3. The third kappa shape index (κ3) is 3.68. The Bertz CT molecular complexity index is 953. The van der Waals surface area contributed by atoms with E-state index in [0.29, 0.717) is 5.56 Å². The lowest BCUT2D eigenvalue weighted by Gasteiger charge is -2.12. The molecule has 0 atom stereocenters. The van der Waals surface area contributed by atoms with Crippen molar-refractivity contribution in [1.29, 1.82) is 0 Å². The van der Waals surface area contributed by atoms with Crippen molar-refractivity contribution in [1.82, 2.24) is 5.32 Å². The van der Waals surface area contributed by atoms with Gasteiger partial charge in [-0.05, 0) is 60.4 Å². The first-order valence-corrected chi connectivity index (χ1v) is 8.83. The average molecular weight is 337 g/mol. The molecule has 0 radical (unpaired) electrons. The van der Waals surface area contributed by atoms with Gasteiger partial charge in [0.15, 0.2) is 0 Å². The first-order chi connectivity index (χ1) is 12.8. The maximum absolute atomic E-state index is 12.5. The van der Waals surface area contributed by atoms with Crippen LogP contribution < -0.4 is 5.32 Å². The molecule has 26 heavy (non-hydrogen) atoms. The summed E-state index contributed by atoms with van der Waals surface area (Å²) < 4.78 is 0. The molecule has 1 aliphatic carbocycles. The Morgan fingerprint density at radius 1 is 0.731 bits per heavy atom. The molecular formula is C24H19NO. The van der Waals surface area contributed by atoms with Crippen molar-refractivity contribution in [3.8, 4) is 11.8 Å². The lowest BCUT2D eigenvalue weighted by molar-refractivity contribution is 0.0938. The van der Waals surface area contributed by atoms with Crippen LogP contribution >= 0.6 is 0 Å². The molecule has 0 aromatic heterocycles. The van der Waals surface area contributed by atoms with Gasteiger partial charge in [0.2, 0.25) is 0 Å². The van der Waals surface area contributed by atoms with E-state index in [4.69, 9.17) is 0 Å². The highest BCUT2D eigenvalue weighted by atomic mass is 16.1. The van der Waals surface area contributed by atoms with E-state index in [9.17, 15) is 4.79 Å². The van der Waals surface area contributed by atoms with Crippen molar-refractivity contribution in [3.05, 3.63) is 107 Å². The number of carbonyl (C=O) groups is 1. The first-order valence-electron chi connectivity index (χ1n) is 8.83. The SMILES string of the molecule is O=C(NC1Cc2ccccc2C1)c1ccc(C#Cc2ccccc2)cc1. The summed E-state index contributed by atoms with van der Waals surface area (Å²) >= 11 is 0. The summed E-state index contributed by atoms with van der Waals surface area (Å²) in [6.45, 7) is 0. The van der Waals surface area contributed by atoms with Crippen LogP contribution in [0.3, 0.4) is 0 Å². The van der Waals surface area contributed by atoms with Crippen LogP contribution in [-0.2, 0) is 12.8 Å². The highest BCUT2D eigenvalue weighted by Crippen LogP contribution is 2.21. The fraction of sp³-hybridized carbons (Fsp3) is 0.125. The van der Waals surface area contributed by atoms with E-state index in [1.807, 2.05) is 54.6 Å². The molecule has 0 spiro atoms. The van der Waals surface area contributed by atoms with Crippen molar-refractivity contribution in [3.63, 3.8) is 0 Å². The summed E-state index contributed by atoms with van der Waals surface area (Å²) in [6, 6.07) is 25.9. The number of rotatable bonds is 2.